The van der Waals surface area contributed by atoms with E-state index in [4.69, 9.17) is 14.2 Å². The van der Waals surface area contributed by atoms with Crippen molar-refractivity contribution in [3.05, 3.63) is 0 Å². The highest BCUT2D eigenvalue weighted by Gasteiger charge is 2.20. The number of hydrogen-bond acceptors (Lipinski definition) is 7. The molecule has 0 aromatic heterocycles. The molecule has 0 bridgehead atoms. The van der Waals surface area contributed by atoms with E-state index in [9.17, 15) is 14.4 Å². The van der Waals surface area contributed by atoms with Crippen LogP contribution < -0.4 is 0 Å². The molecule has 0 saturated heterocycles. The van der Waals surface area contributed by atoms with E-state index in [1.54, 1.807) is 0 Å². The molecule has 0 aliphatic carbocycles. The minimum Gasteiger partial charge on any atom is -0.466 e. The van der Waals surface area contributed by atoms with Crippen LogP contribution in [0.5, 0.6) is 0 Å². The molecule has 0 spiro atoms. The first kappa shape index (κ1) is 55.4. The van der Waals surface area contributed by atoms with Gasteiger partial charge in [-0.3, -0.25) is 14.4 Å². The fourth-order valence-corrected chi connectivity index (χ4v) is 7.97. The Balaban J connectivity index is 4.41. The molecule has 0 N–H and O–H groups in total. The van der Waals surface area contributed by atoms with E-state index in [1.165, 1.54) is 103 Å². The molecule has 0 heterocycles. The van der Waals surface area contributed by atoms with E-state index in [2.05, 4.69) is 46.6 Å². The van der Waals surface area contributed by atoms with E-state index in [1.807, 2.05) is 0 Å². The minimum absolute atomic E-state index is 0.0319. The van der Waals surface area contributed by atoms with Crippen molar-refractivity contribution in [2.75, 3.05) is 40.0 Å². The number of hydrogen-bond donors (Lipinski definition) is 0. The van der Waals surface area contributed by atoms with Gasteiger partial charge in [0.1, 0.15) is 0 Å². The van der Waals surface area contributed by atoms with Crippen molar-refractivity contribution in [1.82, 2.24) is 4.90 Å². The predicted octanol–water partition coefficient (Wildman–Crippen LogP) is 14.4. The van der Waals surface area contributed by atoms with Crippen LogP contribution in [0.4, 0.5) is 0 Å². The fraction of sp³-hybridized carbons (Fsp3) is 0.940. The summed E-state index contributed by atoms with van der Waals surface area (Å²) in [7, 11) is 2.10. The first-order chi connectivity index (χ1) is 27.8. The van der Waals surface area contributed by atoms with Gasteiger partial charge in [-0.1, -0.05) is 189 Å². The van der Waals surface area contributed by atoms with Crippen molar-refractivity contribution in [2.24, 2.45) is 17.8 Å². The zero-order valence-corrected chi connectivity index (χ0v) is 39.0. The van der Waals surface area contributed by atoms with E-state index < -0.39 is 0 Å². The summed E-state index contributed by atoms with van der Waals surface area (Å²) in [5, 5.41) is 0. The Kier molecular flexibility index (Phi) is 41.3. The van der Waals surface area contributed by atoms with Gasteiger partial charge in [-0.05, 0) is 70.4 Å². The van der Waals surface area contributed by atoms with Crippen LogP contribution in [0.25, 0.3) is 0 Å². The summed E-state index contributed by atoms with van der Waals surface area (Å²) in [6, 6.07) is 0. The molecule has 0 rings (SSSR count). The van der Waals surface area contributed by atoms with Crippen molar-refractivity contribution in [2.45, 2.75) is 247 Å². The van der Waals surface area contributed by atoms with Crippen molar-refractivity contribution >= 4 is 17.9 Å². The largest absolute Gasteiger partial charge is 0.466 e. The molecule has 0 aromatic carbocycles. The monoisotopic (exact) mass is 808 g/mol. The fourth-order valence-electron chi connectivity index (χ4n) is 7.97. The van der Waals surface area contributed by atoms with E-state index in [0.29, 0.717) is 44.5 Å². The normalized spacial score (nSPS) is 11.7. The summed E-state index contributed by atoms with van der Waals surface area (Å²) in [6.45, 7) is 14.7. The Morgan fingerprint density at radius 2 is 0.772 bits per heavy atom. The first-order valence-corrected chi connectivity index (χ1v) is 25.0. The third-order valence-corrected chi connectivity index (χ3v) is 12.1. The van der Waals surface area contributed by atoms with Gasteiger partial charge in [0, 0.05) is 19.4 Å². The number of rotatable bonds is 44. The van der Waals surface area contributed by atoms with Crippen LogP contribution in [0, 0.1) is 17.8 Å². The first-order valence-electron chi connectivity index (χ1n) is 25.0. The lowest BCUT2D eigenvalue weighted by molar-refractivity contribution is -0.149. The third kappa shape index (κ3) is 37.1. The molecule has 0 fully saturated rings. The smallest absolute Gasteiger partial charge is 0.308 e. The summed E-state index contributed by atoms with van der Waals surface area (Å²) in [6.07, 6.45) is 36.2. The predicted molar refractivity (Wildman–Crippen MR) is 242 cm³/mol. The zero-order chi connectivity index (χ0) is 42.0. The van der Waals surface area contributed by atoms with Crippen LogP contribution in [-0.4, -0.2) is 62.8 Å². The van der Waals surface area contributed by atoms with Gasteiger partial charge in [-0.15, -0.1) is 0 Å². The van der Waals surface area contributed by atoms with Crippen molar-refractivity contribution < 1.29 is 28.6 Å². The Morgan fingerprint density at radius 1 is 0.404 bits per heavy atom. The lowest BCUT2D eigenvalue weighted by Gasteiger charge is -2.17. The molecule has 0 aliphatic heterocycles. The van der Waals surface area contributed by atoms with Crippen LogP contribution in [0.2, 0.25) is 0 Å². The van der Waals surface area contributed by atoms with Crippen LogP contribution >= 0.6 is 0 Å². The van der Waals surface area contributed by atoms with Crippen LogP contribution in [0.1, 0.15) is 247 Å². The molecule has 7 nitrogen and oxygen atoms in total. The van der Waals surface area contributed by atoms with Gasteiger partial charge in [-0.25, -0.2) is 0 Å². The van der Waals surface area contributed by atoms with Crippen molar-refractivity contribution in [3.8, 4) is 0 Å². The maximum absolute atomic E-state index is 13.1. The van der Waals surface area contributed by atoms with Gasteiger partial charge in [-0.2, -0.15) is 0 Å². The van der Waals surface area contributed by atoms with Crippen molar-refractivity contribution in [3.63, 3.8) is 0 Å². The second kappa shape index (κ2) is 42.5. The molecule has 0 unspecified atom stereocenters. The highest BCUT2D eigenvalue weighted by molar-refractivity contribution is 5.72. The Hall–Kier alpha value is -1.63. The summed E-state index contributed by atoms with van der Waals surface area (Å²) < 4.78 is 17.0. The topological polar surface area (TPSA) is 82.1 Å². The Morgan fingerprint density at radius 3 is 1.16 bits per heavy atom. The SMILES string of the molecule is CCCCCC(CCCCC)CCOC(=O)CCCCCCCC(CCCCCCCC(=O)OCCC(CCCCC)CCCCC)C(=O)OCCCN(C)CC. The molecule has 338 valence electrons. The summed E-state index contributed by atoms with van der Waals surface area (Å²) >= 11 is 0. The summed E-state index contributed by atoms with van der Waals surface area (Å²) in [4.78, 5) is 40.2. The lowest BCUT2D eigenvalue weighted by Crippen LogP contribution is -2.23. The number of esters is 3. The third-order valence-electron chi connectivity index (χ3n) is 12.1. The van der Waals surface area contributed by atoms with Gasteiger partial charge >= 0.3 is 17.9 Å². The van der Waals surface area contributed by atoms with Gasteiger partial charge < -0.3 is 19.1 Å². The van der Waals surface area contributed by atoms with E-state index >= 15 is 0 Å². The van der Waals surface area contributed by atoms with Crippen LogP contribution in [-0.2, 0) is 28.6 Å². The van der Waals surface area contributed by atoms with Gasteiger partial charge in [0.2, 0.25) is 0 Å². The van der Waals surface area contributed by atoms with Gasteiger partial charge in [0.05, 0.1) is 25.7 Å². The quantitative estimate of drug-likeness (QED) is 0.0344. The molecule has 0 aliphatic rings. The summed E-state index contributed by atoms with van der Waals surface area (Å²) in [5.41, 5.74) is 0. The number of carbonyl (C=O) groups excluding carboxylic acids is 3. The molecule has 0 saturated carbocycles. The van der Waals surface area contributed by atoms with Crippen molar-refractivity contribution in [1.29, 1.82) is 0 Å². The maximum Gasteiger partial charge on any atom is 0.308 e. The maximum atomic E-state index is 13.1. The molecule has 0 amide bonds. The molecule has 0 atom stereocenters. The number of unbranched alkanes of at least 4 members (excludes halogenated alkanes) is 16. The highest BCUT2D eigenvalue weighted by atomic mass is 16.5. The Bertz CT molecular complexity index is 820. The lowest BCUT2D eigenvalue weighted by atomic mass is 9.92. The van der Waals surface area contributed by atoms with Gasteiger partial charge in [0.15, 0.2) is 0 Å². The molecule has 57 heavy (non-hydrogen) atoms. The summed E-state index contributed by atoms with van der Waals surface area (Å²) in [5.74, 6) is 1.22. The molecular formula is C50H97NO6. The molecule has 7 heteroatoms. The van der Waals surface area contributed by atoms with Gasteiger partial charge in [0.25, 0.3) is 0 Å². The number of carbonyl (C=O) groups is 3. The molecule has 0 aromatic rings. The average molecular weight is 808 g/mol. The zero-order valence-electron chi connectivity index (χ0n) is 39.0. The minimum atomic E-state index is -0.0431. The molecular weight excluding hydrogens is 711 g/mol. The Labute approximate surface area is 354 Å². The number of ether oxygens (including phenoxy) is 3. The second-order valence-corrected chi connectivity index (χ2v) is 17.5. The van der Waals surface area contributed by atoms with Crippen LogP contribution in [0.3, 0.4) is 0 Å². The second-order valence-electron chi connectivity index (χ2n) is 17.5. The highest BCUT2D eigenvalue weighted by Crippen LogP contribution is 2.24. The van der Waals surface area contributed by atoms with Crippen LogP contribution in [0.15, 0.2) is 0 Å². The molecule has 0 radical (unpaired) electrons. The van der Waals surface area contributed by atoms with E-state index in [-0.39, 0.29) is 23.8 Å². The standard InChI is InChI=1S/C50H97NO6/c1-7-12-22-31-45(32-23-13-8-2)39-43-55-48(52)37-28-20-16-18-26-35-47(50(54)57-42-30-41-51(6)11-5)36-27-19-17-21-29-38-49(53)56-44-40-46(33-24-14-9-3)34-25-15-10-4/h45-47H,7-44H2,1-6H3. The number of nitrogens with zero attached hydrogens (tertiary/aromatic N) is 1. The van der Waals surface area contributed by atoms with E-state index in [0.717, 1.165) is 109 Å². The average Bonchev–Trinajstić information content (AvgIpc) is 3.20.